The van der Waals surface area contributed by atoms with Crippen LogP contribution in [0.15, 0.2) is 146 Å². The van der Waals surface area contributed by atoms with Crippen molar-refractivity contribution in [1.82, 2.24) is 9.80 Å². The highest BCUT2D eigenvalue weighted by atomic mass is 16.5. The summed E-state index contributed by atoms with van der Waals surface area (Å²) in [5, 5.41) is 0. The van der Waals surface area contributed by atoms with E-state index in [1.54, 1.807) is 0 Å². The minimum Gasteiger partial charge on any atom is -0.492 e. The van der Waals surface area contributed by atoms with E-state index in [2.05, 4.69) is 203 Å². The number of anilines is 2. The van der Waals surface area contributed by atoms with Gasteiger partial charge in [0.05, 0.1) is 0 Å². The van der Waals surface area contributed by atoms with Gasteiger partial charge in [0.25, 0.3) is 0 Å². The lowest BCUT2D eigenvalue weighted by atomic mass is 10.0. The lowest BCUT2D eigenvalue weighted by molar-refractivity contribution is -0.697. The molecule has 0 radical (unpaired) electrons. The van der Waals surface area contributed by atoms with Gasteiger partial charge in [-0.25, -0.2) is 9.13 Å². The quantitative estimate of drug-likeness (QED) is 0.131. The maximum Gasteiger partial charge on any atom is 0.170 e. The molecular weight excluding hydrogens is 797 g/mol. The number of hydrogen-bond acceptors (Lipinski definition) is 8. The summed E-state index contributed by atoms with van der Waals surface area (Å²) >= 11 is 0. The smallest absolute Gasteiger partial charge is 0.170 e. The number of benzene rings is 4. The van der Waals surface area contributed by atoms with Crippen molar-refractivity contribution in [3.63, 3.8) is 0 Å². The van der Waals surface area contributed by atoms with Crippen molar-refractivity contribution in [2.75, 3.05) is 104 Å². The Kier molecular flexibility index (Phi) is 17.3. The molecule has 4 aromatic carbocycles. The van der Waals surface area contributed by atoms with E-state index in [-0.39, 0.29) is 0 Å². The van der Waals surface area contributed by atoms with Crippen molar-refractivity contribution < 1.29 is 28.1 Å². The van der Waals surface area contributed by atoms with E-state index in [4.69, 9.17) is 18.9 Å². The highest BCUT2D eigenvalue weighted by Crippen LogP contribution is 2.20. The fourth-order valence-electron chi connectivity index (χ4n) is 7.87. The summed E-state index contributed by atoms with van der Waals surface area (Å²) in [6, 6.07) is 42.7. The van der Waals surface area contributed by atoms with Gasteiger partial charge in [-0.1, -0.05) is 48.5 Å². The summed E-state index contributed by atoms with van der Waals surface area (Å²) in [5.41, 5.74) is 7.39. The molecule has 0 fully saturated rings. The number of aromatic nitrogens is 2. The third-order valence-corrected chi connectivity index (χ3v) is 11.8. The van der Waals surface area contributed by atoms with Crippen molar-refractivity contribution >= 4 is 11.4 Å². The molecule has 336 valence electrons. The van der Waals surface area contributed by atoms with Gasteiger partial charge in [0, 0.05) is 116 Å². The van der Waals surface area contributed by atoms with Gasteiger partial charge < -0.3 is 28.7 Å². The molecule has 6 aromatic rings. The zero-order chi connectivity index (χ0) is 44.4. The Morgan fingerprint density at radius 1 is 0.391 bits per heavy atom. The average molecular weight is 865 g/mol. The molecular formula is C54H68N6O4+2. The minimum absolute atomic E-state index is 0.607. The fraction of sp³-hybridized carbons (Fsp3) is 0.370. The summed E-state index contributed by atoms with van der Waals surface area (Å²) in [5.74, 6) is 3.56. The normalized spacial score (nSPS) is 14.7. The first-order chi connectivity index (χ1) is 31.3. The highest BCUT2D eigenvalue weighted by Gasteiger charge is 2.12. The van der Waals surface area contributed by atoms with Gasteiger partial charge in [0.1, 0.15) is 62.5 Å². The van der Waals surface area contributed by atoms with E-state index in [9.17, 15) is 0 Å². The molecule has 10 nitrogen and oxygen atoms in total. The third kappa shape index (κ3) is 15.0. The molecule has 0 saturated heterocycles. The van der Waals surface area contributed by atoms with E-state index < -0.39 is 0 Å². The van der Waals surface area contributed by atoms with Crippen LogP contribution < -0.4 is 37.9 Å². The first-order valence-corrected chi connectivity index (χ1v) is 23.0. The van der Waals surface area contributed by atoms with Crippen LogP contribution in [0.2, 0.25) is 0 Å². The molecule has 2 aromatic heterocycles. The molecule has 0 aliphatic carbocycles. The molecule has 0 unspecified atom stereocenters. The van der Waals surface area contributed by atoms with Gasteiger partial charge in [-0.3, -0.25) is 9.80 Å². The first-order valence-electron chi connectivity index (χ1n) is 23.0. The van der Waals surface area contributed by atoms with E-state index in [1.807, 2.05) is 0 Å². The molecule has 7 aliphatic rings. The van der Waals surface area contributed by atoms with E-state index >= 15 is 0 Å². The summed E-state index contributed by atoms with van der Waals surface area (Å²) in [4.78, 5) is 9.15. The maximum atomic E-state index is 6.29. The van der Waals surface area contributed by atoms with Gasteiger partial charge in [-0.05, 0) is 83.6 Å². The third-order valence-electron chi connectivity index (χ3n) is 11.8. The second-order valence-electron chi connectivity index (χ2n) is 17.1. The maximum absolute atomic E-state index is 6.29. The van der Waals surface area contributed by atoms with Crippen LogP contribution in [-0.2, 0) is 25.9 Å². The van der Waals surface area contributed by atoms with Crippen LogP contribution >= 0.6 is 0 Å². The Morgan fingerprint density at radius 2 is 0.656 bits per heavy atom. The molecule has 8 bridgehead atoms. The zero-order valence-electron chi connectivity index (χ0n) is 38.5. The second kappa shape index (κ2) is 24.1. The molecule has 0 N–H and O–H groups in total. The number of hydrogen-bond donors (Lipinski definition) is 0. The van der Waals surface area contributed by atoms with Crippen molar-refractivity contribution in [3.05, 3.63) is 168 Å². The van der Waals surface area contributed by atoms with Crippen molar-refractivity contribution in [1.29, 1.82) is 0 Å². The second-order valence-corrected chi connectivity index (χ2v) is 17.1. The summed E-state index contributed by atoms with van der Waals surface area (Å²) in [6.07, 6.45) is 12.4. The SMILES string of the molecule is CN(C)c1cc[n+](CCCN2CCOc3ccc(cc3)Cc3ccc(cc3)OCCN(CCC[n+]3ccc(N(C)C)cc3)CCOc3ccc(cc3)Cc3ccc(cc3)OCC2)cc1. The molecule has 64 heavy (non-hydrogen) atoms. The molecule has 0 saturated carbocycles. The molecule has 0 amide bonds. The molecule has 13 rings (SSSR count). The minimum atomic E-state index is 0.607. The van der Waals surface area contributed by atoms with Gasteiger partial charge in [0.2, 0.25) is 0 Å². The van der Waals surface area contributed by atoms with Gasteiger partial charge in [-0.2, -0.15) is 0 Å². The molecule has 10 heteroatoms. The van der Waals surface area contributed by atoms with Crippen LogP contribution in [-0.4, -0.2) is 104 Å². The average Bonchev–Trinajstić information content (AvgIpc) is 3.31. The zero-order valence-corrected chi connectivity index (χ0v) is 38.5. The lowest BCUT2D eigenvalue weighted by Crippen LogP contribution is -2.38. The van der Waals surface area contributed by atoms with Gasteiger partial charge in [0.15, 0.2) is 24.8 Å². The number of nitrogens with zero attached hydrogens (tertiary/aromatic N) is 6. The lowest BCUT2D eigenvalue weighted by Gasteiger charge is -2.22. The number of rotatable bonds is 10. The Morgan fingerprint density at radius 3 is 0.906 bits per heavy atom. The molecule has 7 aliphatic heterocycles. The van der Waals surface area contributed by atoms with Crippen molar-refractivity contribution in [2.45, 2.75) is 38.8 Å². The molecule has 0 atom stereocenters. The number of ether oxygens (including phenoxy) is 4. The van der Waals surface area contributed by atoms with Crippen LogP contribution in [0.25, 0.3) is 0 Å². The Hall–Kier alpha value is -6.10. The van der Waals surface area contributed by atoms with Crippen molar-refractivity contribution in [2.24, 2.45) is 0 Å². The first kappa shape index (κ1) is 45.9. The number of pyridine rings is 2. The summed E-state index contributed by atoms with van der Waals surface area (Å²) in [7, 11) is 8.28. The van der Waals surface area contributed by atoms with Crippen LogP contribution in [0, 0.1) is 0 Å². The fourth-order valence-corrected chi connectivity index (χ4v) is 7.87. The Labute approximate surface area is 381 Å². The topological polar surface area (TPSA) is 57.6 Å². The van der Waals surface area contributed by atoms with E-state index in [0.29, 0.717) is 26.4 Å². The van der Waals surface area contributed by atoms with Crippen LogP contribution in [0.1, 0.15) is 35.1 Å². The van der Waals surface area contributed by atoms with E-state index in [1.165, 1.54) is 33.6 Å². The van der Waals surface area contributed by atoms with Crippen LogP contribution in [0.4, 0.5) is 11.4 Å². The van der Waals surface area contributed by atoms with E-state index in [0.717, 1.165) is 101 Å². The monoisotopic (exact) mass is 865 g/mol. The molecule has 0 spiro atoms. The number of aryl methyl sites for hydroxylation is 2. The Bertz CT molecular complexity index is 1970. The van der Waals surface area contributed by atoms with Crippen molar-refractivity contribution in [3.8, 4) is 23.0 Å². The van der Waals surface area contributed by atoms with Gasteiger partial charge >= 0.3 is 0 Å². The van der Waals surface area contributed by atoms with Gasteiger partial charge in [-0.15, -0.1) is 0 Å². The Balaban J connectivity index is 0.978. The molecule has 9 heterocycles. The van der Waals surface area contributed by atoms with Crippen LogP contribution in [0.5, 0.6) is 23.0 Å². The summed E-state index contributed by atoms with van der Waals surface area (Å²) in [6.45, 7) is 9.49. The van der Waals surface area contributed by atoms with Crippen LogP contribution in [0.3, 0.4) is 0 Å². The highest BCUT2D eigenvalue weighted by molar-refractivity contribution is 5.42. The standard InChI is InChI=1S/C54H68N6O4/c1-55(2)49-23-31-57(32-24-49)27-5-29-59-35-39-61-51-15-7-45(8-16-51)43-47-11-19-53(20-12-47)63-41-37-60(30-6-28-58-33-25-50(26-34-58)56(3)4)38-42-64-54-21-13-48(14-22-54)44-46-9-17-52(18-10-46)62-40-36-59/h7-26,31-34H,5-6,27-30,35-44H2,1-4H3/q+2. The largest absolute Gasteiger partial charge is 0.492 e. The summed E-state index contributed by atoms with van der Waals surface area (Å²) < 4.78 is 29.7. The predicted octanol–water partition coefficient (Wildman–Crippen LogP) is 7.59. The predicted molar refractivity (Wildman–Crippen MR) is 257 cm³/mol.